The van der Waals surface area contributed by atoms with Gasteiger partial charge in [-0.1, -0.05) is 30.3 Å². The molecule has 0 bridgehead atoms. The molecule has 0 amide bonds. The van der Waals surface area contributed by atoms with Crippen LogP contribution in [0, 0.1) is 13.8 Å². The summed E-state index contributed by atoms with van der Waals surface area (Å²) >= 11 is 0. The van der Waals surface area contributed by atoms with E-state index in [0.717, 1.165) is 31.9 Å². The van der Waals surface area contributed by atoms with E-state index in [1.54, 1.807) is 0 Å². The van der Waals surface area contributed by atoms with Gasteiger partial charge < -0.3 is 9.47 Å². The maximum absolute atomic E-state index is 4.52. The molecule has 0 fully saturated rings. The zero-order chi connectivity index (χ0) is 16.7. The number of hydrogen-bond acceptors (Lipinski definition) is 3. The van der Waals surface area contributed by atoms with Gasteiger partial charge in [-0.05, 0) is 37.0 Å². The van der Waals surface area contributed by atoms with Crippen molar-refractivity contribution in [1.82, 2.24) is 14.8 Å². The molecule has 122 valence electrons. The lowest BCUT2D eigenvalue weighted by atomic mass is 10.00. The van der Waals surface area contributed by atoms with Gasteiger partial charge in [0.1, 0.15) is 0 Å². The molecule has 0 unspecified atom stereocenters. The Bertz CT molecular complexity index is 923. The van der Waals surface area contributed by atoms with E-state index in [9.17, 15) is 0 Å². The van der Waals surface area contributed by atoms with E-state index in [0.29, 0.717) is 0 Å². The summed E-state index contributed by atoms with van der Waals surface area (Å²) in [7, 11) is 0. The van der Waals surface area contributed by atoms with E-state index in [1.807, 2.05) is 12.3 Å². The molecule has 0 atom stereocenters. The van der Waals surface area contributed by atoms with Gasteiger partial charge in [0.2, 0.25) is 0 Å². The number of anilines is 1. The summed E-state index contributed by atoms with van der Waals surface area (Å²) in [5, 5.41) is 10.0. The van der Waals surface area contributed by atoms with Crippen LogP contribution in [0.15, 0.2) is 43.1 Å². The second kappa shape index (κ2) is 5.78. The Morgan fingerprint density at radius 2 is 2.00 bits per heavy atom. The number of fused-ring (bicyclic) bond motifs is 2. The number of benzene rings is 1. The predicted molar refractivity (Wildman–Crippen MR) is 98.4 cm³/mol. The SMILES string of the molecule is C=CCn1c(C)c(C)c2cnnc(N3CCc4ccccc4C3)c21. The molecule has 0 spiro atoms. The summed E-state index contributed by atoms with van der Waals surface area (Å²) in [5.41, 5.74) is 6.55. The highest BCUT2D eigenvalue weighted by atomic mass is 15.3. The minimum Gasteiger partial charge on any atom is -0.349 e. The lowest BCUT2D eigenvalue weighted by Gasteiger charge is -2.30. The Balaban J connectivity index is 1.86. The number of hydrogen-bond donors (Lipinski definition) is 0. The summed E-state index contributed by atoms with van der Waals surface area (Å²) in [5.74, 6) is 0.986. The van der Waals surface area contributed by atoms with E-state index in [-0.39, 0.29) is 0 Å². The molecule has 3 aromatic rings. The van der Waals surface area contributed by atoms with Crippen molar-refractivity contribution in [1.29, 1.82) is 0 Å². The smallest absolute Gasteiger partial charge is 0.176 e. The summed E-state index contributed by atoms with van der Waals surface area (Å²) in [4.78, 5) is 2.36. The van der Waals surface area contributed by atoms with Gasteiger partial charge in [0, 0.05) is 30.7 Å². The zero-order valence-corrected chi connectivity index (χ0v) is 14.3. The Morgan fingerprint density at radius 1 is 1.21 bits per heavy atom. The van der Waals surface area contributed by atoms with Crippen molar-refractivity contribution in [3.8, 4) is 0 Å². The first-order valence-electron chi connectivity index (χ1n) is 8.44. The molecule has 0 N–H and O–H groups in total. The minimum absolute atomic E-state index is 0.791. The van der Waals surface area contributed by atoms with E-state index >= 15 is 0 Å². The van der Waals surface area contributed by atoms with Crippen molar-refractivity contribution in [2.75, 3.05) is 11.4 Å². The fraction of sp³-hybridized carbons (Fsp3) is 0.300. The van der Waals surface area contributed by atoms with Crippen LogP contribution in [0.1, 0.15) is 22.4 Å². The Kier molecular flexibility index (Phi) is 3.60. The van der Waals surface area contributed by atoms with Gasteiger partial charge >= 0.3 is 0 Å². The number of allylic oxidation sites excluding steroid dienone is 1. The molecule has 0 saturated heterocycles. The van der Waals surface area contributed by atoms with E-state index in [1.165, 1.54) is 33.3 Å². The van der Waals surface area contributed by atoms with E-state index < -0.39 is 0 Å². The van der Waals surface area contributed by atoms with Gasteiger partial charge in [0.25, 0.3) is 0 Å². The third-order valence-electron chi connectivity index (χ3n) is 5.17. The summed E-state index contributed by atoms with van der Waals surface area (Å²) in [6.07, 6.45) is 4.88. The molecule has 1 aliphatic rings. The maximum atomic E-state index is 4.52. The summed E-state index contributed by atoms with van der Waals surface area (Å²) in [6.45, 7) is 10.9. The lowest BCUT2D eigenvalue weighted by molar-refractivity contribution is 0.711. The van der Waals surface area contributed by atoms with Crippen molar-refractivity contribution in [3.05, 3.63) is 65.5 Å². The second-order valence-electron chi connectivity index (χ2n) is 6.48. The molecular formula is C20H22N4. The maximum Gasteiger partial charge on any atom is 0.176 e. The van der Waals surface area contributed by atoms with Crippen LogP contribution in [-0.2, 0) is 19.5 Å². The van der Waals surface area contributed by atoms with Gasteiger partial charge in [-0.25, -0.2) is 0 Å². The molecule has 0 radical (unpaired) electrons. The van der Waals surface area contributed by atoms with Crippen LogP contribution in [0.25, 0.3) is 10.9 Å². The summed E-state index contributed by atoms with van der Waals surface area (Å²) < 4.78 is 2.31. The molecule has 3 heterocycles. The molecule has 0 aliphatic carbocycles. The van der Waals surface area contributed by atoms with Gasteiger partial charge in [0.05, 0.1) is 11.7 Å². The normalized spacial score (nSPS) is 14.0. The van der Waals surface area contributed by atoms with Crippen molar-refractivity contribution in [2.24, 2.45) is 0 Å². The van der Waals surface area contributed by atoms with Crippen LogP contribution in [0.4, 0.5) is 5.82 Å². The third kappa shape index (κ3) is 2.21. The third-order valence-corrected chi connectivity index (χ3v) is 5.17. The fourth-order valence-corrected chi connectivity index (χ4v) is 3.72. The molecule has 4 heteroatoms. The summed E-state index contributed by atoms with van der Waals surface area (Å²) in [6, 6.07) is 8.68. The molecule has 2 aromatic heterocycles. The molecule has 4 nitrogen and oxygen atoms in total. The van der Waals surface area contributed by atoms with Crippen LogP contribution in [-0.4, -0.2) is 21.3 Å². The quantitative estimate of drug-likeness (QED) is 0.689. The lowest BCUT2D eigenvalue weighted by Crippen LogP contribution is -2.31. The van der Waals surface area contributed by atoms with E-state index in [2.05, 4.69) is 64.4 Å². The van der Waals surface area contributed by atoms with E-state index in [4.69, 9.17) is 0 Å². The number of aryl methyl sites for hydroxylation is 1. The highest BCUT2D eigenvalue weighted by molar-refractivity contribution is 5.93. The van der Waals surface area contributed by atoms with Crippen LogP contribution in [0.3, 0.4) is 0 Å². The van der Waals surface area contributed by atoms with Crippen LogP contribution >= 0.6 is 0 Å². The topological polar surface area (TPSA) is 34.0 Å². The van der Waals surface area contributed by atoms with Crippen LogP contribution in [0.2, 0.25) is 0 Å². The number of rotatable bonds is 3. The van der Waals surface area contributed by atoms with Gasteiger partial charge in [0.15, 0.2) is 5.82 Å². The number of aromatic nitrogens is 3. The first-order valence-corrected chi connectivity index (χ1v) is 8.44. The highest BCUT2D eigenvalue weighted by Crippen LogP contribution is 2.33. The fourth-order valence-electron chi connectivity index (χ4n) is 3.72. The minimum atomic E-state index is 0.791. The molecule has 4 rings (SSSR count). The highest BCUT2D eigenvalue weighted by Gasteiger charge is 2.22. The molecular weight excluding hydrogens is 296 g/mol. The molecule has 1 aliphatic heterocycles. The van der Waals surface area contributed by atoms with Crippen molar-refractivity contribution < 1.29 is 0 Å². The molecule has 24 heavy (non-hydrogen) atoms. The molecule has 0 saturated carbocycles. The number of nitrogens with zero attached hydrogens (tertiary/aromatic N) is 4. The molecule has 1 aromatic carbocycles. The Hall–Kier alpha value is -2.62. The van der Waals surface area contributed by atoms with Gasteiger partial charge in [-0.3, -0.25) is 0 Å². The monoisotopic (exact) mass is 318 g/mol. The van der Waals surface area contributed by atoms with Crippen molar-refractivity contribution in [3.63, 3.8) is 0 Å². The Labute approximate surface area is 142 Å². The van der Waals surface area contributed by atoms with Crippen LogP contribution < -0.4 is 4.90 Å². The first kappa shape index (κ1) is 14.9. The second-order valence-corrected chi connectivity index (χ2v) is 6.48. The van der Waals surface area contributed by atoms with Crippen molar-refractivity contribution >= 4 is 16.7 Å². The van der Waals surface area contributed by atoms with Crippen molar-refractivity contribution in [2.45, 2.75) is 33.4 Å². The van der Waals surface area contributed by atoms with Gasteiger partial charge in [-0.15, -0.1) is 11.7 Å². The average molecular weight is 318 g/mol. The average Bonchev–Trinajstić information content (AvgIpc) is 2.87. The van der Waals surface area contributed by atoms with Crippen LogP contribution in [0.5, 0.6) is 0 Å². The zero-order valence-electron chi connectivity index (χ0n) is 14.3. The predicted octanol–water partition coefficient (Wildman–Crippen LogP) is 3.80. The Morgan fingerprint density at radius 3 is 2.79 bits per heavy atom. The standard InChI is InChI=1S/C20H22N4/c1-4-10-24-15(3)14(2)18-12-21-22-20(19(18)24)23-11-9-16-7-5-6-8-17(16)13-23/h4-8,12H,1,9-11,13H2,2-3H3. The van der Waals surface area contributed by atoms with Gasteiger partial charge in [-0.2, -0.15) is 5.10 Å². The largest absolute Gasteiger partial charge is 0.349 e. The first-order chi connectivity index (χ1) is 11.7.